The van der Waals surface area contributed by atoms with Crippen molar-refractivity contribution in [2.45, 2.75) is 25.3 Å². The Labute approximate surface area is 73.7 Å². The van der Waals surface area contributed by atoms with Gasteiger partial charge in [-0.2, -0.15) is 0 Å². The zero-order chi connectivity index (χ0) is 7.84. The van der Waals surface area contributed by atoms with Gasteiger partial charge in [0.25, 0.3) is 0 Å². The lowest BCUT2D eigenvalue weighted by atomic mass is 9.93. The van der Waals surface area contributed by atoms with Gasteiger partial charge in [0, 0.05) is 6.04 Å². The van der Waals surface area contributed by atoms with E-state index < -0.39 is 0 Å². The van der Waals surface area contributed by atoms with Crippen LogP contribution in [-0.2, 0) is 0 Å². The average Bonchev–Trinajstić information content (AvgIpc) is 2.15. The number of nitrogen functional groups attached to an aromatic ring is 1. The molecular formula is C7H10BrN3. The van der Waals surface area contributed by atoms with E-state index in [1.807, 2.05) is 0 Å². The summed E-state index contributed by atoms with van der Waals surface area (Å²) in [5, 5.41) is 0. The molecule has 3 nitrogen and oxygen atoms in total. The molecule has 1 aliphatic rings. The second kappa shape index (κ2) is 2.52. The molecule has 1 aromatic heterocycles. The minimum atomic E-state index is 0.590. The van der Waals surface area contributed by atoms with Crippen molar-refractivity contribution in [3.05, 3.63) is 10.8 Å². The summed E-state index contributed by atoms with van der Waals surface area (Å²) in [4.78, 5) is 4.01. The zero-order valence-electron chi connectivity index (χ0n) is 6.13. The van der Waals surface area contributed by atoms with E-state index >= 15 is 0 Å². The number of nitrogens with zero attached hydrogens (tertiary/aromatic N) is 2. The topological polar surface area (TPSA) is 43.8 Å². The van der Waals surface area contributed by atoms with E-state index in [-0.39, 0.29) is 0 Å². The highest BCUT2D eigenvalue weighted by molar-refractivity contribution is 9.10. The van der Waals surface area contributed by atoms with Crippen molar-refractivity contribution in [2.75, 3.05) is 5.73 Å². The van der Waals surface area contributed by atoms with Crippen molar-refractivity contribution >= 4 is 21.9 Å². The number of halogens is 1. The standard InChI is InChI=1S/C7H10BrN3/c8-6-4-10-7(9)11(6)5-2-1-3-5/h4-5H,1-3H2,(H2,9,10). The molecule has 0 saturated heterocycles. The molecule has 2 N–H and O–H groups in total. The van der Waals surface area contributed by atoms with Crippen LogP contribution >= 0.6 is 15.9 Å². The molecule has 1 heterocycles. The molecule has 0 bridgehead atoms. The summed E-state index contributed by atoms with van der Waals surface area (Å²) in [6.07, 6.45) is 5.54. The van der Waals surface area contributed by atoms with Crippen LogP contribution in [0.25, 0.3) is 0 Å². The fourth-order valence-electron chi connectivity index (χ4n) is 1.36. The lowest BCUT2D eigenvalue weighted by Crippen LogP contribution is -2.18. The Kier molecular flexibility index (Phi) is 1.64. The summed E-state index contributed by atoms with van der Waals surface area (Å²) in [5.41, 5.74) is 5.67. The largest absolute Gasteiger partial charge is 0.369 e. The molecule has 0 unspecified atom stereocenters. The summed E-state index contributed by atoms with van der Waals surface area (Å²) >= 11 is 3.41. The number of imidazole rings is 1. The first-order valence-corrected chi connectivity index (χ1v) is 4.56. The van der Waals surface area contributed by atoms with Gasteiger partial charge in [-0.1, -0.05) is 0 Å². The third kappa shape index (κ3) is 1.05. The van der Waals surface area contributed by atoms with Crippen LogP contribution in [0.4, 0.5) is 5.95 Å². The van der Waals surface area contributed by atoms with Crippen LogP contribution in [0, 0.1) is 0 Å². The highest BCUT2D eigenvalue weighted by Crippen LogP contribution is 2.35. The monoisotopic (exact) mass is 215 g/mol. The van der Waals surface area contributed by atoms with Gasteiger partial charge in [0.05, 0.1) is 6.20 Å². The van der Waals surface area contributed by atoms with Gasteiger partial charge in [-0.3, -0.25) is 0 Å². The maximum Gasteiger partial charge on any atom is 0.201 e. The van der Waals surface area contributed by atoms with E-state index in [0.29, 0.717) is 12.0 Å². The van der Waals surface area contributed by atoms with Gasteiger partial charge < -0.3 is 10.3 Å². The van der Waals surface area contributed by atoms with E-state index in [9.17, 15) is 0 Å². The second-order valence-electron chi connectivity index (χ2n) is 2.89. The third-order valence-electron chi connectivity index (χ3n) is 2.22. The van der Waals surface area contributed by atoms with Crippen LogP contribution in [0.15, 0.2) is 10.8 Å². The van der Waals surface area contributed by atoms with Gasteiger partial charge in [0.2, 0.25) is 5.95 Å². The predicted molar refractivity (Wildman–Crippen MR) is 47.2 cm³/mol. The highest BCUT2D eigenvalue weighted by Gasteiger charge is 2.22. The molecule has 0 spiro atoms. The Balaban J connectivity index is 2.33. The van der Waals surface area contributed by atoms with E-state index in [1.165, 1.54) is 19.3 Å². The van der Waals surface area contributed by atoms with Crippen molar-refractivity contribution in [1.82, 2.24) is 9.55 Å². The number of aromatic nitrogens is 2. The highest BCUT2D eigenvalue weighted by atomic mass is 79.9. The fraction of sp³-hybridized carbons (Fsp3) is 0.571. The smallest absolute Gasteiger partial charge is 0.201 e. The molecule has 1 aromatic rings. The summed E-state index contributed by atoms with van der Waals surface area (Å²) in [6, 6.07) is 0.590. The van der Waals surface area contributed by atoms with Crippen molar-refractivity contribution in [2.24, 2.45) is 0 Å². The maximum atomic E-state index is 5.67. The third-order valence-corrected chi connectivity index (χ3v) is 2.81. The average molecular weight is 216 g/mol. The summed E-state index contributed by atoms with van der Waals surface area (Å²) in [7, 11) is 0. The van der Waals surface area contributed by atoms with Crippen LogP contribution in [0.3, 0.4) is 0 Å². The number of hydrogen-bond acceptors (Lipinski definition) is 2. The molecule has 0 aromatic carbocycles. The van der Waals surface area contributed by atoms with E-state index in [0.717, 1.165) is 4.60 Å². The molecule has 0 aliphatic heterocycles. The quantitative estimate of drug-likeness (QED) is 0.779. The first-order chi connectivity index (χ1) is 5.29. The Morgan fingerprint density at radius 3 is 2.73 bits per heavy atom. The molecule has 1 fully saturated rings. The maximum absolute atomic E-state index is 5.67. The Morgan fingerprint density at radius 2 is 2.36 bits per heavy atom. The molecule has 1 saturated carbocycles. The van der Waals surface area contributed by atoms with Gasteiger partial charge in [-0.05, 0) is 35.2 Å². The molecular weight excluding hydrogens is 206 g/mol. The van der Waals surface area contributed by atoms with Gasteiger partial charge >= 0.3 is 0 Å². The molecule has 60 valence electrons. The van der Waals surface area contributed by atoms with Crippen molar-refractivity contribution in [3.8, 4) is 0 Å². The van der Waals surface area contributed by atoms with Crippen LogP contribution in [0.5, 0.6) is 0 Å². The van der Waals surface area contributed by atoms with Crippen LogP contribution < -0.4 is 5.73 Å². The summed E-state index contributed by atoms with van der Waals surface area (Å²) < 4.78 is 3.06. The molecule has 0 amide bonds. The molecule has 2 rings (SSSR count). The van der Waals surface area contributed by atoms with E-state index in [2.05, 4.69) is 25.5 Å². The van der Waals surface area contributed by atoms with E-state index in [4.69, 9.17) is 5.73 Å². The molecule has 1 aliphatic carbocycles. The summed E-state index contributed by atoms with van der Waals surface area (Å²) in [5.74, 6) is 0.626. The lowest BCUT2D eigenvalue weighted by Gasteiger charge is -2.28. The van der Waals surface area contributed by atoms with Crippen molar-refractivity contribution in [1.29, 1.82) is 0 Å². The Hall–Kier alpha value is -0.510. The lowest BCUT2D eigenvalue weighted by molar-refractivity contribution is 0.313. The predicted octanol–water partition coefficient (Wildman–Crippen LogP) is 1.95. The molecule has 0 atom stereocenters. The second-order valence-corrected chi connectivity index (χ2v) is 3.71. The first kappa shape index (κ1) is 7.16. The fourth-order valence-corrected chi connectivity index (χ4v) is 1.93. The zero-order valence-corrected chi connectivity index (χ0v) is 7.71. The van der Waals surface area contributed by atoms with Gasteiger partial charge in [-0.15, -0.1) is 0 Å². The van der Waals surface area contributed by atoms with E-state index in [1.54, 1.807) is 6.20 Å². The van der Waals surface area contributed by atoms with Crippen molar-refractivity contribution < 1.29 is 0 Å². The van der Waals surface area contributed by atoms with Gasteiger partial charge in [0.15, 0.2) is 0 Å². The van der Waals surface area contributed by atoms with Gasteiger partial charge in [0.1, 0.15) is 4.60 Å². The SMILES string of the molecule is Nc1ncc(Br)n1C1CCC1. The van der Waals surface area contributed by atoms with Crippen LogP contribution in [0.2, 0.25) is 0 Å². The molecule has 4 heteroatoms. The van der Waals surface area contributed by atoms with Gasteiger partial charge in [-0.25, -0.2) is 4.98 Å². The molecule has 11 heavy (non-hydrogen) atoms. The van der Waals surface area contributed by atoms with Crippen molar-refractivity contribution in [3.63, 3.8) is 0 Å². The minimum Gasteiger partial charge on any atom is -0.369 e. The van der Waals surface area contributed by atoms with Crippen LogP contribution in [0.1, 0.15) is 25.3 Å². The number of anilines is 1. The normalized spacial score (nSPS) is 18.3. The minimum absolute atomic E-state index is 0.590. The first-order valence-electron chi connectivity index (χ1n) is 3.77. The Bertz CT molecular complexity index is 245. The number of nitrogens with two attached hydrogens (primary N) is 1. The Morgan fingerprint density at radius 1 is 1.64 bits per heavy atom. The number of hydrogen-bond donors (Lipinski definition) is 1. The molecule has 0 radical (unpaired) electrons. The summed E-state index contributed by atoms with van der Waals surface area (Å²) in [6.45, 7) is 0. The van der Waals surface area contributed by atoms with Crippen LogP contribution in [-0.4, -0.2) is 9.55 Å². The number of rotatable bonds is 1.